The summed E-state index contributed by atoms with van der Waals surface area (Å²) in [6, 6.07) is 1.49. The highest BCUT2D eigenvalue weighted by Gasteiger charge is 2.30. The van der Waals surface area contributed by atoms with Crippen molar-refractivity contribution in [2.45, 2.75) is 38.9 Å². The summed E-state index contributed by atoms with van der Waals surface area (Å²) in [5.41, 5.74) is 0. The van der Waals surface area contributed by atoms with Crippen molar-refractivity contribution in [3.05, 3.63) is 0 Å². The van der Waals surface area contributed by atoms with Crippen molar-refractivity contribution in [3.8, 4) is 0 Å². The topological polar surface area (TPSA) is 3.24 Å². The molecule has 1 nitrogen and oxygen atoms in total. The predicted molar refractivity (Wildman–Crippen MR) is 53.3 cm³/mol. The van der Waals surface area contributed by atoms with Gasteiger partial charge in [0.05, 0.1) is 0 Å². The lowest BCUT2D eigenvalue weighted by atomic mass is 10.1. The van der Waals surface area contributed by atoms with Crippen molar-refractivity contribution in [1.82, 2.24) is 4.57 Å². The van der Waals surface area contributed by atoms with Crippen molar-refractivity contribution in [2.75, 3.05) is 13.6 Å². The van der Waals surface area contributed by atoms with E-state index in [-0.39, 0.29) is 0 Å². The summed E-state index contributed by atoms with van der Waals surface area (Å²) in [5, 5.41) is 0. The van der Waals surface area contributed by atoms with E-state index in [2.05, 4.69) is 31.6 Å². The van der Waals surface area contributed by atoms with Gasteiger partial charge in [0.2, 0.25) is 0 Å². The summed E-state index contributed by atoms with van der Waals surface area (Å²) in [7, 11) is 1.34. The molecule has 0 spiro atoms. The van der Waals surface area contributed by atoms with Gasteiger partial charge < -0.3 is 4.57 Å². The lowest BCUT2D eigenvalue weighted by molar-refractivity contribution is 0.487. The first-order valence-corrected chi connectivity index (χ1v) is 7.89. The average Bonchev–Trinajstić information content (AvgIpc) is 1.93. The number of hydrogen-bond donors (Lipinski definition) is 0. The Kier molecular flexibility index (Phi) is 2.76. The van der Waals surface area contributed by atoms with E-state index in [1.807, 2.05) is 0 Å². The van der Waals surface area contributed by atoms with Crippen LogP contribution in [0.4, 0.5) is 0 Å². The maximum Gasteiger partial charge on any atom is 0.122 e. The molecule has 1 fully saturated rings. The van der Waals surface area contributed by atoms with Gasteiger partial charge in [-0.2, -0.15) is 0 Å². The van der Waals surface area contributed by atoms with Crippen LogP contribution in [0.25, 0.3) is 0 Å². The standard InChI is InChI=1S/C9H21NSi/c1-9-6-5-7-10(2)11(3,4)8-9/h9H,5-8H2,1-4H3. The van der Waals surface area contributed by atoms with E-state index < -0.39 is 8.24 Å². The van der Waals surface area contributed by atoms with Crippen molar-refractivity contribution in [2.24, 2.45) is 5.92 Å². The smallest absolute Gasteiger partial charge is 0.122 e. The molecule has 1 rings (SSSR count). The summed E-state index contributed by atoms with van der Waals surface area (Å²) in [6.45, 7) is 8.74. The summed E-state index contributed by atoms with van der Waals surface area (Å²) in [4.78, 5) is 0. The zero-order valence-corrected chi connectivity index (χ0v) is 9.35. The first kappa shape index (κ1) is 9.27. The van der Waals surface area contributed by atoms with Crippen LogP contribution in [0.3, 0.4) is 0 Å². The molecule has 0 aromatic carbocycles. The third-order valence-electron chi connectivity index (χ3n) is 3.07. The highest BCUT2D eigenvalue weighted by molar-refractivity contribution is 6.74. The molecule has 0 aliphatic carbocycles. The molecule has 0 aromatic heterocycles. The second-order valence-corrected chi connectivity index (χ2v) is 9.48. The van der Waals surface area contributed by atoms with Crippen LogP contribution in [0.2, 0.25) is 19.1 Å². The quantitative estimate of drug-likeness (QED) is 0.506. The molecule has 11 heavy (non-hydrogen) atoms. The first-order chi connectivity index (χ1) is 5.02. The van der Waals surface area contributed by atoms with Gasteiger partial charge in [-0.1, -0.05) is 20.0 Å². The minimum Gasteiger partial charge on any atom is -0.326 e. The maximum absolute atomic E-state index is 2.64. The zero-order chi connectivity index (χ0) is 8.48. The number of rotatable bonds is 0. The molecule has 0 amide bonds. The van der Waals surface area contributed by atoms with Gasteiger partial charge in [0.15, 0.2) is 0 Å². The predicted octanol–water partition coefficient (Wildman–Crippen LogP) is 2.55. The van der Waals surface area contributed by atoms with Gasteiger partial charge in [0, 0.05) is 0 Å². The van der Waals surface area contributed by atoms with Crippen LogP contribution in [-0.4, -0.2) is 26.4 Å². The Labute approximate surface area is 71.9 Å². The van der Waals surface area contributed by atoms with Crippen LogP contribution < -0.4 is 0 Å². The van der Waals surface area contributed by atoms with Crippen molar-refractivity contribution >= 4 is 8.24 Å². The largest absolute Gasteiger partial charge is 0.326 e. The van der Waals surface area contributed by atoms with Gasteiger partial charge in [-0.15, -0.1) is 0 Å². The molecule has 1 unspecified atom stereocenters. The molecule has 1 aliphatic heterocycles. The molecule has 1 atom stereocenters. The fourth-order valence-electron chi connectivity index (χ4n) is 2.09. The maximum atomic E-state index is 2.64. The third-order valence-corrected chi connectivity index (χ3v) is 7.06. The van der Waals surface area contributed by atoms with E-state index >= 15 is 0 Å². The fraction of sp³-hybridized carbons (Fsp3) is 1.00. The Morgan fingerprint density at radius 2 is 2.00 bits per heavy atom. The van der Waals surface area contributed by atoms with Crippen molar-refractivity contribution < 1.29 is 0 Å². The molecule has 0 N–H and O–H groups in total. The molecule has 1 heterocycles. The molecule has 2 heteroatoms. The second kappa shape index (κ2) is 3.28. The third kappa shape index (κ3) is 2.31. The lowest BCUT2D eigenvalue weighted by Gasteiger charge is -2.32. The highest BCUT2D eigenvalue weighted by Crippen LogP contribution is 2.26. The fourth-order valence-corrected chi connectivity index (χ4v) is 5.08. The van der Waals surface area contributed by atoms with E-state index in [0.29, 0.717) is 0 Å². The molecule has 0 saturated carbocycles. The Morgan fingerprint density at radius 3 is 2.64 bits per heavy atom. The molecule has 0 radical (unpaired) electrons. The van der Waals surface area contributed by atoms with Crippen molar-refractivity contribution in [3.63, 3.8) is 0 Å². The molecule has 0 bridgehead atoms. The Bertz CT molecular complexity index is 134. The zero-order valence-electron chi connectivity index (χ0n) is 8.35. The monoisotopic (exact) mass is 171 g/mol. The average molecular weight is 171 g/mol. The van der Waals surface area contributed by atoms with Crippen LogP contribution in [-0.2, 0) is 0 Å². The molecule has 1 saturated heterocycles. The number of hydrogen-bond acceptors (Lipinski definition) is 1. The molecular weight excluding hydrogens is 150 g/mol. The van der Waals surface area contributed by atoms with E-state index in [4.69, 9.17) is 0 Å². The van der Waals surface area contributed by atoms with E-state index in [9.17, 15) is 0 Å². The van der Waals surface area contributed by atoms with Crippen molar-refractivity contribution in [1.29, 1.82) is 0 Å². The van der Waals surface area contributed by atoms with Gasteiger partial charge in [0.1, 0.15) is 8.24 Å². The van der Waals surface area contributed by atoms with E-state index in [1.165, 1.54) is 25.4 Å². The van der Waals surface area contributed by atoms with Gasteiger partial charge >= 0.3 is 0 Å². The van der Waals surface area contributed by atoms with Crippen LogP contribution in [0.1, 0.15) is 19.8 Å². The summed E-state index contributed by atoms with van der Waals surface area (Å²) < 4.78 is 2.64. The summed E-state index contributed by atoms with van der Waals surface area (Å²) in [5.74, 6) is 0.974. The van der Waals surface area contributed by atoms with Crippen LogP contribution in [0.5, 0.6) is 0 Å². The SMILES string of the molecule is CC1CCCN(C)[Si](C)(C)C1. The van der Waals surface area contributed by atoms with Gasteiger partial charge in [-0.3, -0.25) is 0 Å². The highest BCUT2D eigenvalue weighted by atomic mass is 28.3. The van der Waals surface area contributed by atoms with Crippen LogP contribution in [0, 0.1) is 5.92 Å². The Balaban J connectivity index is 2.60. The van der Waals surface area contributed by atoms with Gasteiger partial charge in [0.25, 0.3) is 0 Å². The minimum absolute atomic E-state index is 0.974. The second-order valence-electron chi connectivity index (χ2n) is 4.69. The molecular formula is C9H21NSi. The minimum atomic E-state index is -0.974. The van der Waals surface area contributed by atoms with Crippen LogP contribution >= 0.6 is 0 Å². The molecule has 0 aromatic rings. The normalized spacial score (nSPS) is 33.3. The molecule has 1 aliphatic rings. The van der Waals surface area contributed by atoms with E-state index in [1.54, 1.807) is 0 Å². The molecule has 66 valence electrons. The van der Waals surface area contributed by atoms with Gasteiger partial charge in [-0.05, 0) is 38.4 Å². The summed E-state index contributed by atoms with van der Waals surface area (Å²) >= 11 is 0. The Hall–Kier alpha value is 0.177. The first-order valence-electron chi connectivity index (χ1n) is 4.73. The van der Waals surface area contributed by atoms with Crippen LogP contribution in [0.15, 0.2) is 0 Å². The Morgan fingerprint density at radius 1 is 1.36 bits per heavy atom. The lowest BCUT2D eigenvalue weighted by Crippen LogP contribution is -2.45. The van der Waals surface area contributed by atoms with E-state index in [0.717, 1.165) is 5.92 Å². The summed E-state index contributed by atoms with van der Waals surface area (Å²) in [6.07, 6.45) is 2.86. The van der Waals surface area contributed by atoms with Gasteiger partial charge in [-0.25, -0.2) is 0 Å². The number of nitrogens with zero attached hydrogens (tertiary/aromatic N) is 1.